The lowest BCUT2D eigenvalue weighted by molar-refractivity contribution is -0.115. The van der Waals surface area contributed by atoms with E-state index in [4.69, 9.17) is 4.74 Å². The molecule has 0 aromatic heterocycles. The SMILES string of the molecule is O=C1NC(=O)/C(=C/c2cccc(Oc3ccccc3)c2)N1. The molecule has 3 rings (SSSR count). The Morgan fingerprint density at radius 3 is 2.33 bits per heavy atom. The average Bonchev–Trinajstić information content (AvgIpc) is 2.78. The Kier molecular flexibility index (Phi) is 3.39. The number of urea groups is 1. The van der Waals surface area contributed by atoms with Crippen LogP contribution in [0.2, 0.25) is 0 Å². The number of benzene rings is 2. The van der Waals surface area contributed by atoms with Crippen molar-refractivity contribution in [3.05, 3.63) is 65.9 Å². The van der Waals surface area contributed by atoms with Gasteiger partial charge in [0.05, 0.1) is 0 Å². The van der Waals surface area contributed by atoms with Gasteiger partial charge in [0, 0.05) is 0 Å². The second kappa shape index (κ2) is 5.50. The average molecular weight is 280 g/mol. The third-order valence-electron chi connectivity index (χ3n) is 2.87. The quantitative estimate of drug-likeness (QED) is 0.671. The van der Waals surface area contributed by atoms with E-state index >= 15 is 0 Å². The molecule has 0 atom stereocenters. The van der Waals surface area contributed by atoms with Crippen LogP contribution in [0.4, 0.5) is 4.79 Å². The lowest BCUT2D eigenvalue weighted by Crippen LogP contribution is -2.22. The summed E-state index contributed by atoms with van der Waals surface area (Å²) in [7, 11) is 0. The van der Waals surface area contributed by atoms with E-state index in [-0.39, 0.29) is 5.70 Å². The number of hydrogen-bond acceptors (Lipinski definition) is 3. The van der Waals surface area contributed by atoms with Gasteiger partial charge in [-0.25, -0.2) is 4.79 Å². The Morgan fingerprint density at radius 2 is 1.62 bits per heavy atom. The number of amides is 3. The van der Waals surface area contributed by atoms with Crippen LogP contribution in [0.5, 0.6) is 11.5 Å². The molecule has 1 fully saturated rings. The molecule has 0 bridgehead atoms. The first kappa shape index (κ1) is 12.9. The highest BCUT2D eigenvalue weighted by Gasteiger charge is 2.22. The number of carbonyl (C=O) groups excluding carboxylic acids is 2. The maximum absolute atomic E-state index is 11.5. The molecule has 1 aliphatic rings. The Hall–Kier alpha value is -3.08. The normalized spacial score (nSPS) is 15.7. The summed E-state index contributed by atoms with van der Waals surface area (Å²) in [6, 6.07) is 16.1. The summed E-state index contributed by atoms with van der Waals surface area (Å²) in [5, 5.41) is 4.60. The van der Waals surface area contributed by atoms with Crippen molar-refractivity contribution in [1.82, 2.24) is 10.6 Å². The van der Waals surface area contributed by atoms with Gasteiger partial charge >= 0.3 is 6.03 Å². The van der Waals surface area contributed by atoms with Gasteiger partial charge in [0.1, 0.15) is 17.2 Å². The first-order valence-corrected chi connectivity index (χ1v) is 6.38. The zero-order valence-corrected chi connectivity index (χ0v) is 11.0. The predicted molar refractivity (Wildman–Crippen MR) is 77.6 cm³/mol. The highest BCUT2D eigenvalue weighted by atomic mass is 16.5. The van der Waals surface area contributed by atoms with Crippen molar-refractivity contribution >= 4 is 18.0 Å². The molecule has 2 aromatic rings. The third-order valence-corrected chi connectivity index (χ3v) is 2.87. The van der Waals surface area contributed by atoms with Crippen LogP contribution < -0.4 is 15.4 Å². The minimum atomic E-state index is -0.511. The predicted octanol–water partition coefficient (Wildman–Crippen LogP) is 2.66. The highest BCUT2D eigenvalue weighted by Crippen LogP contribution is 2.22. The van der Waals surface area contributed by atoms with Crippen molar-refractivity contribution in [2.75, 3.05) is 0 Å². The number of nitrogens with one attached hydrogen (secondary N) is 2. The molecule has 0 aliphatic carbocycles. The van der Waals surface area contributed by atoms with Gasteiger partial charge in [-0.3, -0.25) is 10.1 Å². The summed E-state index contributed by atoms with van der Waals surface area (Å²) in [6.45, 7) is 0. The second-order valence-corrected chi connectivity index (χ2v) is 4.45. The van der Waals surface area contributed by atoms with E-state index in [0.29, 0.717) is 5.75 Å². The lowest BCUT2D eigenvalue weighted by atomic mass is 10.2. The zero-order valence-electron chi connectivity index (χ0n) is 11.0. The molecule has 21 heavy (non-hydrogen) atoms. The van der Waals surface area contributed by atoms with E-state index in [0.717, 1.165) is 11.3 Å². The molecule has 0 unspecified atom stereocenters. The maximum atomic E-state index is 11.5. The van der Waals surface area contributed by atoms with Crippen LogP contribution in [-0.4, -0.2) is 11.9 Å². The fourth-order valence-corrected chi connectivity index (χ4v) is 1.94. The van der Waals surface area contributed by atoms with E-state index in [1.165, 1.54) is 0 Å². The number of ether oxygens (including phenoxy) is 1. The molecule has 5 nitrogen and oxygen atoms in total. The summed E-state index contributed by atoms with van der Waals surface area (Å²) in [4.78, 5) is 22.5. The molecule has 3 amide bonds. The van der Waals surface area contributed by atoms with Crippen molar-refractivity contribution in [1.29, 1.82) is 0 Å². The van der Waals surface area contributed by atoms with Gasteiger partial charge in [0.15, 0.2) is 0 Å². The van der Waals surface area contributed by atoms with Gasteiger partial charge in [0.25, 0.3) is 5.91 Å². The Balaban J connectivity index is 1.82. The molecule has 0 spiro atoms. The summed E-state index contributed by atoms with van der Waals surface area (Å²) in [5.41, 5.74) is 0.979. The van der Waals surface area contributed by atoms with Crippen LogP contribution in [-0.2, 0) is 4.79 Å². The number of para-hydroxylation sites is 1. The van der Waals surface area contributed by atoms with E-state index in [2.05, 4.69) is 10.6 Å². The number of hydrogen-bond donors (Lipinski definition) is 2. The number of rotatable bonds is 3. The topological polar surface area (TPSA) is 67.4 Å². The maximum Gasteiger partial charge on any atom is 0.326 e. The standard InChI is InChI=1S/C16H12N2O3/c19-15-14(17-16(20)18-15)10-11-5-4-8-13(9-11)21-12-6-2-1-3-7-12/h1-10H,(H2,17,18,19,20)/b14-10-. The van der Waals surface area contributed by atoms with Crippen LogP contribution in [0.15, 0.2) is 60.3 Å². The number of imide groups is 1. The molecule has 2 N–H and O–H groups in total. The molecule has 1 saturated heterocycles. The highest BCUT2D eigenvalue weighted by molar-refractivity contribution is 6.13. The molecule has 0 saturated carbocycles. The van der Waals surface area contributed by atoms with Crippen molar-refractivity contribution in [3.63, 3.8) is 0 Å². The van der Waals surface area contributed by atoms with Crippen LogP contribution in [0.25, 0.3) is 6.08 Å². The smallest absolute Gasteiger partial charge is 0.326 e. The van der Waals surface area contributed by atoms with Crippen molar-refractivity contribution in [2.45, 2.75) is 0 Å². The minimum Gasteiger partial charge on any atom is -0.457 e. The molecular formula is C16H12N2O3. The largest absolute Gasteiger partial charge is 0.457 e. The van der Waals surface area contributed by atoms with E-state index in [9.17, 15) is 9.59 Å². The summed E-state index contributed by atoms with van der Waals surface area (Å²) in [5.74, 6) is 0.948. The van der Waals surface area contributed by atoms with Crippen LogP contribution >= 0.6 is 0 Å². The molecule has 2 aromatic carbocycles. The molecular weight excluding hydrogens is 268 g/mol. The second-order valence-electron chi connectivity index (χ2n) is 4.45. The number of carbonyl (C=O) groups is 2. The molecule has 0 radical (unpaired) electrons. The van der Waals surface area contributed by atoms with Gasteiger partial charge in [-0.2, -0.15) is 0 Å². The Bertz CT molecular complexity index is 723. The monoisotopic (exact) mass is 280 g/mol. The van der Waals surface area contributed by atoms with Gasteiger partial charge in [-0.05, 0) is 35.9 Å². The van der Waals surface area contributed by atoms with E-state index in [1.54, 1.807) is 12.1 Å². The Labute approximate surface area is 121 Å². The first-order valence-electron chi connectivity index (χ1n) is 6.38. The first-order chi connectivity index (χ1) is 10.2. The summed E-state index contributed by atoms with van der Waals surface area (Å²) in [6.07, 6.45) is 1.60. The van der Waals surface area contributed by atoms with Crippen LogP contribution in [0.3, 0.4) is 0 Å². The van der Waals surface area contributed by atoms with Crippen molar-refractivity contribution in [2.24, 2.45) is 0 Å². The summed E-state index contributed by atoms with van der Waals surface area (Å²) >= 11 is 0. The molecule has 104 valence electrons. The van der Waals surface area contributed by atoms with Gasteiger partial charge in [-0.1, -0.05) is 30.3 Å². The van der Waals surface area contributed by atoms with Gasteiger partial charge < -0.3 is 10.1 Å². The third kappa shape index (κ3) is 3.09. The lowest BCUT2D eigenvalue weighted by Gasteiger charge is -2.06. The van der Waals surface area contributed by atoms with Crippen molar-refractivity contribution in [3.8, 4) is 11.5 Å². The van der Waals surface area contributed by atoms with E-state index in [1.807, 2.05) is 48.5 Å². The molecule has 1 aliphatic heterocycles. The Morgan fingerprint density at radius 1 is 0.857 bits per heavy atom. The summed E-state index contributed by atoms with van der Waals surface area (Å²) < 4.78 is 5.71. The van der Waals surface area contributed by atoms with Crippen LogP contribution in [0, 0.1) is 0 Å². The molecule has 5 heteroatoms. The van der Waals surface area contributed by atoms with Crippen molar-refractivity contribution < 1.29 is 14.3 Å². The fourth-order valence-electron chi connectivity index (χ4n) is 1.94. The zero-order chi connectivity index (χ0) is 14.7. The molecule has 1 heterocycles. The van der Waals surface area contributed by atoms with Crippen LogP contribution in [0.1, 0.15) is 5.56 Å². The van der Waals surface area contributed by atoms with Gasteiger partial charge in [-0.15, -0.1) is 0 Å². The fraction of sp³-hybridized carbons (Fsp3) is 0. The van der Waals surface area contributed by atoms with Gasteiger partial charge in [0.2, 0.25) is 0 Å². The minimum absolute atomic E-state index is 0.219. The van der Waals surface area contributed by atoms with E-state index < -0.39 is 11.9 Å².